The minimum atomic E-state index is -3.82. The van der Waals surface area contributed by atoms with Crippen LogP contribution in [0, 0.1) is 10.1 Å². The highest BCUT2D eigenvalue weighted by atomic mass is 32.2. The topological polar surface area (TPSA) is 141 Å². The summed E-state index contributed by atoms with van der Waals surface area (Å²) in [4.78, 5) is 20.3. The summed E-state index contributed by atoms with van der Waals surface area (Å²) in [5, 5.41) is 22.4. The number of sulfone groups is 1. The Morgan fingerprint density at radius 2 is 1.95 bits per heavy atom. The van der Waals surface area contributed by atoms with Gasteiger partial charge in [-0.25, -0.2) is 13.2 Å². The predicted octanol–water partition coefficient (Wildman–Crippen LogP) is 1.25. The van der Waals surface area contributed by atoms with Gasteiger partial charge in [0.2, 0.25) is 0 Å². The molecule has 0 amide bonds. The van der Waals surface area contributed by atoms with Crippen LogP contribution in [0.25, 0.3) is 0 Å². The maximum atomic E-state index is 12.1. The summed E-state index contributed by atoms with van der Waals surface area (Å²) in [7, 11) is -3.82. The fourth-order valence-corrected chi connectivity index (χ4v) is 2.76. The number of nitro benzene ring substituents is 1. The smallest absolute Gasteiger partial charge is 0.358 e. The number of hydrogen-bond acceptors (Lipinski definition) is 7. The monoisotopic (exact) mass is 312 g/mol. The molecule has 9 nitrogen and oxygen atoms in total. The lowest BCUT2D eigenvalue weighted by molar-refractivity contribution is -0.384. The third-order valence-corrected chi connectivity index (χ3v) is 4.17. The highest BCUT2D eigenvalue weighted by molar-refractivity contribution is 7.90. The molecule has 0 radical (unpaired) electrons. The Labute approximate surface area is 117 Å². The minimum Gasteiger partial charge on any atom is -0.476 e. The van der Waals surface area contributed by atoms with Gasteiger partial charge in [0.05, 0.1) is 9.82 Å². The number of rotatable bonds is 5. The van der Waals surface area contributed by atoms with Crippen LogP contribution in [0.2, 0.25) is 0 Å². The maximum absolute atomic E-state index is 12.1. The molecule has 1 aromatic carbocycles. The van der Waals surface area contributed by atoms with Gasteiger partial charge in [0.1, 0.15) is 5.75 Å². The van der Waals surface area contributed by atoms with Crippen molar-refractivity contribution in [1.82, 2.24) is 5.16 Å². The summed E-state index contributed by atoms with van der Waals surface area (Å²) in [5.74, 6) is -2.06. The second-order valence-corrected chi connectivity index (χ2v) is 5.98. The molecule has 0 atom stereocenters. The summed E-state index contributed by atoms with van der Waals surface area (Å²) in [6, 6.07) is 5.33. The van der Waals surface area contributed by atoms with Crippen LogP contribution in [0.5, 0.6) is 0 Å². The number of aromatic nitrogens is 1. The molecule has 0 unspecified atom stereocenters. The average molecular weight is 312 g/mol. The molecule has 0 spiro atoms. The number of aromatic carboxylic acids is 1. The molecule has 0 saturated carbocycles. The van der Waals surface area contributed by atoms with E-state index in [0.29, 0.717) is 0 Å². The Bertz CT molecular complexity index is 792. The van der Waals surface area contributed by atoms with E-state index in [1.54, 1.807) is 0 Å². The van der Waals surface area contributed by atoms with Crippen LogP contribution in [0.15, 0.2) is 39.8 Å². The van der Waals surface area contributed by atoms with E-state index >= 15 is 0 Å². The van der Waals surface area contributed by atoms with Gasteiger partial charge in [-0.2, -0.15) is 0 Å². The molecule has 2 aromatic rings. The number of nitro groups is 1. The van der Waals surface area contributed by atoms with Gasteiger partial charge >= 0.3 is 5.97 Å². The molecular formula is C11H8N2O7S. The summed E-state index contributed by atoms with van der Waals surface area (Å²) in [6.45, 7) is 0. The molecule has 1 heterocycles. The zero-order valence-corrected chi connectivity index (χ0v) is 11.1. The molecule has 10 heteroatoms. The van der Waals surface area contributed by atoms with Crippen LogP contribution in [-0.4, -0.2) is 29.6 Å². The molecule has 0 fully saturated rings. The second-order valence-electron chi connectivity index (χ2n) is 3.99. The predicted molar refractivity (Wildman–Crippen MR) is 67.4 cm³/mol. The average Bonchev–Trinajstić information content (AvgIpc) is 2.87. The lowest BCUT2D eigenvalue weighted by Crippen LogP contribution is -2.04. The molecule has 0 bridgehead atoms. The van der Waals surface area contributed by atoms with E-state index in [9.17, 15) is 23.3 Å². The van der Waals surface area contributed by atoms with E-state index in [2.05, 4.69) is 9.68 Å². The van der Waals surface area contributed by atoms with E-state index < -0.39 is 32.2 Å². The second kappa shape index (κ2) is 5.32. The zero-order valence-electron chi connectivity index (χ0n) is 10.3. The molecule has 0 saturated heterocycles. The summed E-state index contributed by atoms with van der Waals surface area (Å²) >= 11 is 0. The van der Waals surface area contributed by atoms with Crippen molar-refractivity contribution in [2.24, 2.45) is 0 Å². The molecule has 0 aliphatic rings. The van der Waals surface area contributed by atoms with Crippen molar-refractivity contribution in [3.63, 3.8) is 0 Å². The number of carbonyl (C=O) groups is 1. The van der Waals surface area contributed by atoms with Crippen molar-refractivity contribution in [3.05, 3.63) is 51.9 Å². The quantitative estimate of drug-likeness (QED) is 0.642. The highest BCUT2D eigenvalue weighted by Crippen LogP contribution is 2.20. The fourth-order valence-electron chi connectivity index (χ4n) is 1.53. The van der Waals surface area contributed by atoms with Gasteiger partial charge in [0.15, 0.2) is 21.3 Å². The summed E-state index contributed by atoms with van der Waals surface area (Å²) in [6.07, 6.45) is 0. The molecule has 1 N–H and O–H groups in total. The number of benzene rings is 1. The normalized spacial score (nSPS) is 11.2. The highest BCUT2D eigenvalue weighted by Gasteiger charge is 2.21. The summed E-state index contributed by atoms with van der Waals surface area (Å²) in [5.41, 5.74) is -0.634. The van der Waals surface area contributed by atoms with Crippen molar-refractivity contribution in [2.75, 3.05) is 0 Å². The third kappa shape index (κ3) is 3.23. The van der Waals surface area contributed by atoms with E-state index in [1.165, 1.54) is 0 Å². The maximum Gasteiger partial charge on any atom is 0.358 e. The van der Waals surface area contributed by atoms with Gasteiger partial charge in [-0.1, -0.05) is 5.16 Å². The van der Waals surface area contributed by atoms with Gasteiger partial charge in [-0.3, -0.25) is 10.1 Å². The van der Waals surface area contributed by atoms with Gasteiger partial charge in [0, 0.05) is 18.2 Å². The largest absolute Gasteiger partial charge is 0.476 e. The van der Waals surface area contributed by atoms with Gasteiger partial charge in [-0.05, 0) is 12.1 Å². The fraction of sp³-hybridized carbons (Fsp3) is 0.0909. The van der Waals surface area contributed by atoms with Crippen LogP contribution in [0.4, 0.5) is 5.69 Å². The van der Waals surface area contributed by atoms with Crippen molar-refractivity contribution < 1.29 is 27.8 Å². The third-order valence-electron chi connectivity index (χ3n) is 2.52. The van der Waals surface area contributed by atoms with Crippen molar-refractivity contribution in [1.29, 1.82) is 0 Å². The van der Waals surface area contributed by atoms with Crippen LogP contribution in [0.1, 0.15) is 16.2 Å². The van der Waals surface area contributed by atoms with Crippen LogP contribution >= 0.6 is 0 Å². The molecule has 110 valence electrons. The number of hydrogen-bond donors (Lipinski definition) is 1. The number of carboxylic acids is 1. The van der Waals surface area contributed by atoms with Gasteiger partial charge in [0.25, 0.3) is 5.69 Å². The molecular weight excluding hydrogens is 304 g/mol. The zero-order chi connectivity index (χ0) is 15.6. The molecule has 0 aliphatic heterocycles. The van der Waals surface area contributed by atoms with Crippen LogP contribution < -0.4 is 0 Å². The lowest BCUT2D eigenvalue weighted by Gasteiger charge is -2.01. The lowest BCUT2D eigenvalue weighted by atomic mass is 10.3. The Hall–Kier alpha value is -2.75. The first-order valence-corrected chi connectivity index (χ1v) is 7.11. The van der Waals surface area contributed by atoms with E-state index in [0.717, 1.165) is 30.3 Å². The summed E-state index contributed by atoms with van der Waals surface area (Å²) < 4.78 is 28.7. The first kappa shape index (κ1) is 14.7. The van der Waals surface area contributed by atoms with E-state index in [1.807, 2.05) is 0 Å². The van der Waals surface area contributed by atoms with E-state index in [4.69, 9.17) is 5.11 Å². The first-order valence-electron chi connectivity index (χ1n) is 5.46. The number of carboxylic acid groups (broad SMARTS) is 1. The van der Waals surface area contributed by atoms with Crippen molar-refractivity contribution in [2.45, 2.75) is 10.6 Å². The SMILES string of the molecule is O=C(O)c1cc(CS(=O)(=O)c2ccc([N+](=O)[O-])cc2)on1. The molecule has 1 aromatic heterocycles. The number of non-ortho nitro benzene ring substituents is 1. The van der Waals surface area contributed by atoms with E-state index in [-0.39, 0.29) is 16.3 Å². The standard InChI is InChI=1S/C11H8N2O7S/c14-11(15)10-5-8(20-12-10)6-21(18,19)9-3-1-7(2-4-9)13(16)17/h1-5H,6H2,(H,14,15). The Morgan fingerprint density at radius 3 is 2.43 bits per heavy atom. The molecule has 21 heavy (non-hydrogen) atoms. The Kier molecular flexibility index (Phi) is 3.72. The number of nitrogens with zero attached hydrogens (tertiary/aromatic N) is 2. The van der Waals surface area contributed by atoms with Crippen LogP contribution in [-0.2, 0) is 15.6 Å². The van der Waals surface area contributed by atoms with Crippen molar-refractivity contribution in [3.8, 4) is 0 Å². The molecule has 2 rings (SSSR count). The van der Waals surface area contributed by atoms with Gasteiger partial charge in [-0.15, -0.1) is 0 Å². The van der Waals surface area contributed by atoms with Gasteiger partial charge < -0.3 is 9.63 Å². The van der Waals surface area contributed by atoms with Crippen molar-refractivity contribution >= 4 is 21.5 Å². The molecule has 0 aliphatic carbocycles. The van der Waals surface area contributed by atoms with Crippen LogP contribution in [0.3, 0.4) is 0 Å². The Morgan fingerprint density at radius 1 is 1.33 bits per heavy atom. The minimum absolute atomic E-state index is 0.134. The Balaban J connectivity index is 2.24. The first-order chi connectivity index (χ1) is 9.79.